The molecule has 2 fully saturated rings. The lowest BCUT2D eigenvalue weighted by Crippen LogP contribution is -2.44. The van der Waals surface area contributed by atoms with E-state index < -0.39 is 0 Å². The Bertz CT molecular complexity index is 1090. The SMILES string of the molecule is O=C(NC[C@H]1CCC2(CCN(Cc3cccnc3)CC2)O1)c1ccc(-c2ccc(F)cc2)cc1. The number of hydrogen-bond donors (Lipinski definition) is 1. The minimum Gasteiger partial charge on any atom is -0.370 e. The van der Waals surface area contributed by atoms with Crippen molar-refractivity contribution in [1.82, 2.24) is 15.2 Å². The van der Waals surface area contributed by atoms with Crippen molar-refractivity contribution in [3.05, 3.63) is 90.0 Å². The van der Waals surface area contributed by atoms with Crippen LogP contribution in [0.3, 0.4) is 0 Å². The summed E-state index contributed by atoms with van der Waals surface area (Å²) in [5, 5.41) is 3.04. The first-order valence-corrected chi connectivity index (χ1v) is 12.0. The van der Waals surface area contributed by atoms with Crippen molar-refractivity contribution in [3.8, 4) is 11.1 Å². The fraction of sp³-hybridized carbons (Fsp3) is 0.357. The van der Waals surface area contributed by atoms with E-state index in [1.807, 2.05) is 42.7 Å². The summed E-state index contributed by atoms with van der Waals surface area (Å²) in [5.74, 6) is -0.354. The summed E-state index contributed by atoms with van der Waals surface area (Å²) < 4.78 is 19.6. The van der Waals surface area contributed by atoms with Crippen LogP contribution >= 0.6 is 0 Å². The summed E-state index contributed by atoms with van der Waals surface area (Å²) in [6, 6.07) is 17.9. The molecule has 34 heavy (non-hydrogen) atoms. The quantitative estimate of drug-likeness (QED) is 0.574. The van der Waals surface area contributed by atoms with Crippen LogP contribution in [0.15, 0.2) is 73.1 Å². The topological polar surface area (TPSA) is 54.5 Å². The highest BCUT2D eigenvalue weighted by molar-refractivity contribution is 5.94. The molecule has 0 bridgehead atoms. The zero-order chi connectivity index (χ0) is 23.4. The third kappa shape index (κ3) is 5.34. The summed E-state index contributed by atoms with van der Waals surface area (Å²) in [6.45, 7) is 3.51. The number of halogens is 1. The molecule has 0 saturated carbocycles. The second kappa shape index (κ2) is 10.0. The summed E-state index contributed by atoms with van der Waals surface area (Å²) >= 11 is 0. The molecule has 0 unspecified atom stereocenters. The smallest absolute Gasteiger partial charge is 0.251 e. The normalized spacial score (nSPS) is 19.9. The molecule has 1 atom stereocenters. The van der Waals surface area contributed by atoms with E-state index in [9.17, 15) is 9.18 Å². The van der Waals surface area contributed by atoms with E-state index >= 15 is 0 Å². The number of pyridine rings is 1. The van der Waals surface area contributed by atoms with Gasteiger partial charge in [-0.2, -0.15) is 0 Å². The molecule has 0 aliphatic carbocycles. The van der Waals surface area contributed by atoms with Crippen LogP contribution in [0.2, 0.25) is 0 Å². The third-order valence-electron chi connectivity index (χ3n) is 7.05. The first-order chi connectivity index (χ1) is 16.6. The number of aromatic nitrogens is 1. The fourth-order valence-electron chi connectivity index (χ4n) is 5.04. The molecule has 2 aromatic carbocycles. The Hall–Kier alpha value is -3.09. The van der Waals surface area contributed by atoms with Crippen LogP contribution in [0.1, 0.15) is 41.6 Å². The number of likely N-dealkylation sites (tertiary alicyclic amines) is 1. The van der Waals surface area contributed by atoms with E-state index in [0.29, 0.717) is 12.1 Å². The number of hydrogen-bond acceptors (Lipinski definition) is 4. The Balaban J connectivity index is 1.08. The predicted molar refractivity (Wildman–Crippen MR) is 130 cm³/mol. The van der Waals surface area contributed by atoms with Gasteiger partial charge < -0.3 is 10.1 Å². The van der Waals surface area contributed by atoms with Crippen LogP contribution in [0, 0.1) is 5.82 Å². The number of carbonyl (C=O) groups is 1. The lowest BCUT2D eigenvalue weighted by atomic mass is 9.88. The molecule has 5 rings (SSSR count). The highest BCUT2D eigenvalue weighted by atomic mass is 19.1. The fourth-order valence-corrected chi connectivity index (χ4v) is 5.04. The highest BCUT2D eigenvalue weighted by Crippen LogP contribution is 2.39. The Kier molecular flexibility index (Phi) is 6.70. The van der Waals surface area contributed by atoms with Gasteiger partial charge in [0, 0.05) is 44.1 Å². The zero-order valence-electron chi connectivity index (χ0n) is 19.3. The van der Waals surface area contributed by atoms with Crippen molar-refractivity contribution in [1.29, 1.82) is 0 Å². The van der Waals surface area contributed by atoms with Gasteiger partial charge in [-0.15, -0.1) is 0 Å². The maximum absolute atomic E-state index is 13.1. The molecule has 2 aliphatic heterocycles. The number of nitrogens with one attached hydrogen (secondary N) is 1. The predicted octanol–water partition coefficient (Wildman–Crippen LogP) is 4.83. The summed E-state index contributed by atoms with van der Waals surface area (Å²) in [6.07, 6.45) is 7.90. The van der Waals surface area contributed by atoms with Gasteiger partial charge >= 0.3 is 0 Å². The van der Waals surface area contributed by atoms with Crippen LogP contribution in [0.5, 0.6) is 0 Å². The molecule has 2 aliphatic rings. The van der Waals surface area contributed by atoms with Gasteiger partial charge in [-0.25, -0.2) is 4.39 Å². The lowest BCUT2D eigenvalue weighted by molar-refractivity contribution is -0.0764. The van der Waals surface area contributed by atoms with E-state index in [0.717, 1.165) is 56.4 Å². The number of amides is 1. The van der Waals surface area contributed by atoms with E-state index in [4.69, 9.17) is 4.74 Å². The monoisotopic (exact) mass is 459 g/mol. The van der Waals surface area contributed by atoms with Gasteiger partial charge in [0.1, 0.15) is 5.82 Å². The molecule has 0 radical (unpaired) electrons. The van der Waals surface area contributed by atoms with Crippen molar-refractivity contribution in [3.63, 3.8) is 0 Å². The molecule has 2 saturated heterocycles. The van der Waals surface area contributed by atoms with Crippen molar-refractivity contribution in [2.45, 2.75) is 43.9 Å². The third-order valence-corrected chi connectivity index (χ3v) is 7.05. The number of rotatable bonds is 6. The van der Waals surface area contributed by atoms with E-state index in [1.54, 1.807) is 12.1 Å². The van der Waals surface area contributed by atoms with Crippen molar-refractivity contribution in [2.75, 3.05) is 19.6 Å². The minimum atomic E-state index is -0.258. The Morgan fingerprint density at radius 3 is 2.41 bits per heavy atom. The molecule has 3 heterocycles. The van der Waals surface area contributed by atoms with Crippen molar-refractivity contribution < 1.29 is 13.9 Å². The Labute approximate surface area is 200 Å². The highest BCUT2D eigenvalue weighted by Gasteiger charge is 2.42. The number of piperidine rings is 1. The van der Waals surface area contributed by atoms with Gasteiger partial charge in [-0.3, -0.25) is 14.7 Å². The summed E-state index contributed by atoms with van der Waals surface area (Å²) in [5.41, 5.74) is 3.69. The van der Waals surface area contributed by atoms with E-state index in [-0.39, 0.29) is 23.4 Å². The molecular formula is C28H30FN3O2. The van der Waals surface area contributed by atoms with Crippen LogP contribution in [0.25, 0.3) is 11.1 Å². The zero-order valence-corrected chi connectivity index (χ0v) is 19.3. The van der Waals surface area contributed by atoms with Crippen LogP contribution in [0.4, 0.5) is 4.39 Å². The Morgan fingerprint density at radius 1 is 1.03 bits per heavy atom. The van der Waals surface area contributed by atoms with Gasteiger partial charge in [0.25, 0.3) is 5.91 Å². The molecule has 1 N–H and O–H groups in total. The second-order valence-electron chi connectivity index (χ2n) is 9.39. The van der Waals surface area contributed by atoms with Gasteiger partial charge in [0.15, 0.2) is 0 Å². The average molecular weight is 460 g/mol. The van der Waals surface area contributed by atoms with Crippen LogP contribution in [-0.2, 0) is 11.3 Å². The standard InChI is InChI=1S/C28H30FN3O2/c29-25-9-7-23(8-10-25)22-3-5-24(6-4-22)27(33)31-19-26-11-12-28(34-26)13-16-32(17-14-28)20-21-2-1-15-30-18-21/h1-10,15,18,26H,11-14,16-17,19-20H2,(H,31,33)/t26-/m1/s1. The average Bonchev–Trinajstić information content (AvgIpc) is 3.28. The largest absolute Gasteiger partial charge is 0.370 e. The number of nitrogens with zero attached hydrogens (tertiary/aromatic N) is 2. The number of carbonyl (C=O) groups excluding carboxylic acids is 1. The first kappa shape index (κ1) is 22.7. The molecular weight excluding hydrogens is 429 g/mol. The van der Waals surface area contributed by atoms with Gasteiger partial charge in [-0.1, -0.05) is 30.3 Å². The molecule has 1 aromatic heterocycles. The minimum absolute atomic E-state index is 0.0440. The lowest BCUT2D eigenvalue weighted by Gasteiger charge is -2.39. The maximum atomic E-state index is 13.1. The van der Waals surface area contributed by atoms with Gasteiger partial charge in [-0.05, 0) is 72.7 Å². The molecule has 5 nitrogen and oxygen atoms in total. The summed E-state index contributed by atoms with van der Waals surface area (Å²) in [7, 11) is 0. The van der Waals surface area contributed by atoms with E-state index in [1.165, 1.54) is 17.7 Å². The number of ether oxygens (including phenoxy) is 1. The van der Waals surface area contributed by atoms with Gasteiger partial charge in [0.2, 0.25) is 0 Å². The van der Waals surface area contributed by atoms with Crippen LogP contribution in [-0.4, -0.2) is 47.1 Å². The second-order valence-corrected chi connectivity index (χ2v) is 9.39. The molecule has 176 valence electrons. The first-order valence-electron chi connectivity index (χ1n) is 12.0. The molecule has 1 spiro atoms. The van der Waals surface area contributed by atoms with Crippen LogP contribution < -0.4 is 5.32 Å². The summed E-state index contributed by atoms with van der Waals surface area (Å²) in [4.78, 5) is 19.3. The Morgan fingerprint density at radius 2 is 1.74 bits per heavy atom. The van der Waals surface area contributed by atoms with Gasteiger partial charge in [0.05, 0.1) is 11.7 Å². The van der Waals surface area contributed by atoms with Crippen molar-refractivity contribution >= 4 is 5.91 Å². The van der Waals surface area contributed by atoms with E-state index in [2.05, 4.69) is 21.3 Å². The maximum Gasteiger partial charge on any atom is 0.251 e. The van der Waals surface area contributed by atoms with Crippen molar-refractivity contribution in [2.24, 2.45) is 0 Å². The molecule has 6 heteroatoms. The number of benzene rings is 2. The molecule has 1 amide bonds. The molecule has 3 aromatic rings.